The van der Waals surface area contributed by atoms with Gasteiger partial charge in [-0.25, -0.2) is 9.97 Å². The molecule has 0 fully saturated rings. The van der Waals surface area contributed by atoms with Crippen LogP contribution in [0.15, 0.2) is 42.7 Å². The van der Waals surface area contributed by atoms with Crippen LogP contribution in [0.1, 0.15) is 31.0 Å². The van der Waals surface area contributed by atoms with Crippen molar-refractivity contribution in [3.63, 3.8) is 0 Å². The minimum absolute atomic E-state index is 0.123. The fraction of sp³-hybridized carbons (Fsp3) is 0.360. The predicted octanol–water partition coefficient (Wildman–Crippen LogP) is 5.79. The Labute approximate surface area is 216 Å². The number of thiazole rings is 1. The number of alkyl halides is 3. The summed E-state index contributed by atoms with van der Waals surface area (Å²) in [6.07, 6.45) is 0.352. The number of rotatable bonds is 11. The van der Waals surface area contributed by atoms with Gasteiger partial charge in [0.2, 0.25) is 5.95 Å². The summed E-state index contributed by atoms with van der Waals surface area (Å²) in [6.45, 7) is 4.96. The number of nitrogens with one attached hydrogen (secondary N) is 2. The maximum Gasteiger partial charge on any atom is 0.573 e. The second kappa shape index (κ2) is 11.7. The van der Waals surface area contributed by atoms with Crippen molar-refractivity contribution in [1.29, 1.82) is 0 Å². The number of pyridine rings is 1. The van der Waals surface area contributed by atoms with E-state index in [0.29, 0.717) is 24.9 Å². The van der Waals surface area contributed by atoms with Crippen LogP contribution in [0.4, 0.5) is 24.9 Å². The van der Waals surface area contributed by atoms with Gasteiger partial charge in [0.05, 0.1) is 22.2 Å². The Morgan fingerprint density at radius 2 is 1.86 bits per heavy atom. The van der Waals surface area contributed by atoms with E-state index in [1.165, 1.54) is 23.5 Å². The Morgan fingerprint density at radius 3 is 2.54 bits per heavy atom. The van der Waals surface area contributed by atoms with Crippen molar-refractivity contribution < 1.29 is 23.0 Å². The van der Waals surface area contributed by atoms with Gasteiger partial charge in [-0.1, -0.05) is 25.5 Å². The smallest absolute Gasteiger partial charge is 0.406 e. The van der Waals surface area contributed by atoms with E-state index in [-0.39, 0.29) is 18.3 Å². The molecule has 0 radical (unpaired) electrons. The molecule has 12 heteroatoms. The number of halogens is 3. The number of benzene rings is 1. The highest BCUT2D eigenvalue weighted by Gasteiger charge is 2.31. The molecule has 0 amide bonds. The van der Waals surface area contributed by atoms with E-state index in [1.54, 1.807) is 24.5 Å². The maximum absolute atomic E-state index is 12.4. The van der Waals surface area contributed by atoms with E-state index in [2.05, 4.69) is 25.3 Å². The SMILES string of the molecule is CCC(CO)CCNc1nc(NCc2ccc(OC(F)(F)F)cc2)nc(C)c1-c1nc2cnccc2s1. The lowest BCUT2D eigenvalue weighted by Gasteiger charge is -2.16. The van der Waals surface area contributed by atoms with Gasteiger partial charge in [0.15, 0.2) is 0 Å². The molecule has 3 N–H and O–H groups in total. The standard InChI is InChI=1S/C25H27F3N6O2S/c1-3-16(14-35)8-11-30-22-21(23-33-19-13-29-10-9-20(19)37-23)15(2)32-24(34-22)31-12-17-4-6-18(7-5-17)36-25(26,27)28/h4-7,9-10,13,16,35H,3,8,11-12,14H2,1-2H3,(H2,30,31,32,34). The van der Waals surface area contributed by atoms with Crippen LogP contribution < -0.4 is 15.4 Å². The highest BCUT2D eigenvalue weighted by molar-refractivity contribution is 7.21. The van der Waals surface area contributed by atoms with E-state index >= 15 is 0 Å². The minimum Gasteiger partial charge on any atom is -0.406 e. The summed E-state index contributed by atoms with van der Waals surface area (Å²) >= 11 is 1.53. The largest absolute Gasteiger partial charge is 0.573 e. The van der Waals surface area contributed by atoms with Crippen LogP contribution in [0.3, 0.4) is 0 Å². The normalized spacial score (nSPS) is 12.5. The van der Waals surface area contributed by atoms with Crippen molar-refractivity contribution in [2.24, 2.45) is 5.92 Å². The average Bonchev–Trinajstić information content (AvgIpc) is 3.29. The molecular formula is C25H27F3N6O2S. The zero-order chi connectivity index (χ0) is 26.4. The summed E-state index contributed by atoms with van der Waals surface area (Å²) in [5, 5.41) is 16.8. The Balaban J connectivity index is 1.56. The summed E-state index contributed by atoms with van der Waals surface area (Å²) < 4.78 is 42.1. The molecule has 0 spiro atoms. The number of aliphatic hydroxyl groups is 1. The molecule has 1 aromatic carbocycles. The average molecular weight is 533 g/mol. The monoisotopic (exact) mass is 532 g/mol. The molecular weight excluding hydrogens is 505 g/mol. The highest BCUT2D eigenvalue weighted by Crippen LogP contribution is 2.36. The van der Waals surface area contributed by atoms with Crippen LogP contribution in [0.5, 0.6) is 5.75 Å². The molecule has 1 atom stereocenters. The zero-order valence-corrected chi connectivity index (χ0v) is 21.2. The number of ether oxygens (including phenoxy) is 1. The third kappa shape index (κ3) is 7.04. The number of aromatic nitrogens is 4. The molecule has 3 heterocycles. The molecule has 0 aliphatic carbocycles. The molecule has 0 bridgehead atoms. The third-order valence-electron chi connectivity index (χ3n) is 5.78. The van der Waals surface area contributed by atoms with Gasteiger partial charge < -0.3 is 20.5 Å². The lowest BCUT2D eigenvalue weighted by atomic mass is 10.0. The number of fused-ring (bicyclic) bond motifs is 1. The first-order valence-corrected chi connectivity index (χ1v) is 12.6. The molecule has 4 aromatic rings. The van der Waals surface area contributed by atoms with Crippen molar-refractivity contribution in [2.75, 3.05) is 23.8 Å². The Kier molecular flexibility index (Phi) is 8.39. The molecule has 0 saturated heterocycles. The van der Waals surface area contributed by atoms with E-state index in [1.807, 2.05) is 19.9 Å². The fourth-order valence-electron chi connectivity index (χ4n) is 3.73. The van der Waals surface area contributed by atoms with Crippen molar-refractivity contribution in [2.45, 2.75) is 39.6 Å². The molecule has 0 aliphatic rings. The van der Waals surface area contributed by atoms with Gasteiger partial charge in [0.1, 0.15) is 22.1 Å². The quantitative estimate of drug-likeness (QED) is 0.223. The van der Waals surface area contributed by atoms with Crippen LogP contribution in [0.2, 0.25) is 0 Å². The van der Waals surface area contributed by atoms with Crippen molar-refractivity contribution >= 4 is 33.3 Å². The lowest BCUT2D eigenvalue weighted by Crippen LogP contribution is -2.17. The van der Waals surface area contributed by atoms with E-state index < -0.39 is 6.36 Å². The summed E-state index contributed by atoms with van der Waals surface area (Å²) in [6, 6.07) is 7.53. The summed E-state index contributed by atoms with van der Waals surface area (Å²) in [4.78, 5) is 18.2. The predicted molar refractivity (Wildman–Crippen MR) is 138 cm³/mol. The number of aryl methyl sites for hydroxylation is 1. The second-order valence-corrected chi connectivity index (χ2v) is 9.47. The first-order valence-electron chi connectivity index (χ1n) is 11.8. The van der Waals surface area contributed by atoms with Gasteiger partial charge in [-0.3, -0.25) is 4.98 Å². The van der Waals surface area contributed by atoms with E-state index in [4.69, 9.17) is 9.97 Å². The first-order chi connectivity index (χ1) is 17.8. The maximum atomic E-state index is 12.4. The number of anilines is 2. The van der Waals surface area contributed by atoms with Gasteiger partial charge in [-0.2, -0.15) is 4.98 Å². The minimum atomic E-state index is -4.73. The Morgan fingerprint density at radius 1 is 1.08 bits per heavy atom. The van der Waals surface area contributed by atoms with Gasteiger partial charge >= 0.3 is 6.36 Å². The molecule has 0 saturated carbocycles. The number of hydrogen-bond donors (Lipinski definition) is 3. The lowest BCUT2D eigenvalue weighted by molar-refractivity contribution is -0.274. The van der Waals surface area contributed by atoms with Crippen LogP contribution in [0.25, 0.3) is 20.8 Å². The van der Waals surface area contributed by atoms with Crippen LogP contribution >= 0.6 is 11.3 Å². The van der Waals surface area contributed by atoms with Crippen LogP contribution in [-0.2, 0) is 6.54 Å². The number of hydrogen-bond acceptors (Lipinski definition) is 9. The molecule has 0 aliphatic heterocycles. The van der Waals surface area contributed by atoms with Crippen LogP contribution in [0, 0.1) is 12.8 Å². The summed E-state index contributed by atoms with van der Waals surface area (Å²) in [7, 11) is 0. The van der Waals surface area contributed by atoms with Crippen molar-refractivity contribution in [1.82, 2.24) is 19.9 Å². The molecule has 3 aromatic heterocycles. The van der Waals surface area contributed by atoms with Gasteiger partial charge in [0.25, 0.3) is 0 Å². The highest BCUT2D eigenvalue weighted by atomic mass is 32.1. The Hall–Kier alpha value is -3.51. The van der Waals surface area contributed by atoms with E-state index in [0.717, 1.165) is 44.9 Å². The number of nitrogens with zero attached hydrogens (tertiary/aromatic N) is 4. The second-order valence-electron chi connectivity index (χ2n) is 8.44. The Bertz CT molecular complexity index is 1290. The molecule has 4 rings (SSSR count). The van der Waals surface area contributed by atoms with Gasteiger partial charge in [-0.15, -0.1) is 24.5 Å². The summed E-state index contributed by atoms with van der Waals surface area (Å²) in [5.74, 6) is 0.896. The zero-order valence-electron chi connectivity index (χ0n) is 20.3. The van der Waals surface area contributed by atoms with E-state index in [9.17, 15) is 18.3 Å². The third-order valence-corrected chi connectivity index (χ3v) is 6.84. The molecule has 196 valence electrons. The molecule has 8 nitrogen and oxygen atoms in total. The summed E-state index contributed by atoms with van der Waals surface area (Å²) in [5.41, 5.74) is 3.04. The van der Waals surface area contributed by atoms with Crippen molar-refractivity contribution in [3.05, 3.63) is 54.0 Å². The topological polar surface area (TPSA) is 105 Å². The number of aliphatic hydroxyl groups excluding tert-OH is 1. The fourth-order valence-corrected chi connectivity index (χ4v) is 4.76. The molecule has 37 heavy (non-hydrogen) atoms. The van der Waals surface area contributed by atoms with Crippen molar-refractivity contribution in [3.8, 4) is 16.3 Å². The first kappa shape index (κ1) is 26.6. The molecule has 1 unspecified atom stereocenters. The van der Waals surface area contributed by atoms with Gasteiger partial charge in [-0.05, 0) is 43.0 Å². The van der Waals surface area contributed by atoms with Crippen LogP contribution in [-0.4, -0.2) is 44.6 Å². The van der Waals surface area contributed by atoms with Gasteiger partial charge in [0, 0.05) is 25.9 Å².